The van der Waals surface area contributed by atoms with E-state index in [2.05, 4.69) is 31.7 Å². The van der Waals surface area contributed by atoms with Crippen LogP contribution in [0.4, 0.5) is 17.6 Å². The van der Waals surface area contributed by atoms with Gasteiger partial charge >= 0.3 is 0 Å². The Morgan fingerprint density at radius 3 is 2.57 bits per heavy atom. The smallest absolute Gasteiger partial charge is 0.224 e. The molecule has 1 saturated carbocycles. The van der Waals surface area contributed by atoms with Crippen LogP contribution in [-0.2, 0) is 18.3 Å². The quantitative estimate of drug-likeness (QED) is 0.216. The van der Waals surface area contributed by atoms with Crippen LogP contribution in [0, 0.1) is 11.3 Å². The highest BCUT2D eigenvalue weighted by molar-refractivity contribution is 5.62. The molecule has 1 aliphatic carbocycles. The van der Waals surface area contributed by atoms with Gasteiger partial charge in [0.15, 0.2) is 12.2 Å². The molecule has 0 radical (unpaired) electrons. The summed E-state index contributed by atoms with van der Waals surface area (Å²) in [5.41, 5.74) is 3.51. The number of nitrogens with zero attached hydrogens (tertiary/aromatic N) is 8. The zero-order valence-corrected chi connectivity index (χ0v) is 26.8. The maximum atomic E-state index is 11.5. The lowest BCUT2D eigenvalue weighted by Gasteiger charge is -2.55. The summed E-state index contributed by atoms with van der Waals surface area (Å²) in [6, 6.07) is 16.6. The third-order valence-corrected chi connectivity index (χ3v) is 9.89. The van der Waals surface area contributed by atoms with Gasteiger partial charge in [0, 0.05) is 62.3 Å². The first-order valence-corrected chi connectivity index (χ1v) is 16.6. The minimum Gasteiger partial charge on any atom is -0.379 e. The van der Waals surface area contributed by atoms with Crippen molar-refractivity contribution in [2.24, 2.45) is 7.05 Å². The van der Waals surface area contributed by atoms with Crippen molar-refractivity contribution in [1.82, 2.24) is 30.0 Å². The fourth-order valence-corrected chi connectivity index (χ4v) is 7.22. The first kappa shape index (κ1) is 31.1. The number of rotatable bonds is 10. The second kappa shape index (κ2) is 13.7. The summed E-state index contributed by atoms with van der Waals surface area (Å²) in [7, 11) is 1.90. The van der Waals surface area contributed by atoms with Gasteiger partial charge in [-0.3, -0.25) is 10.00 Å². The van der Waals surface area contributed by atoms with E-state index >= 15 is 0 Å². The van der Waals surface area contributed by atoms with Gasteiger partial charge in [0.25, 0.3) is 0 Å². The summed E-state index contributed by atoms with van der Waals surface area (Å²) >= 11 is 0. The Hall–Kier alpha value is -4.57. The predicted octanol–water partition coefficient (Wildman–Crippen LogP) is 4.20. The van der Waals surface area contributed by atoms with Crippen molar-refractivity contribution in [2.45, 2.75) is 75.5 Å². The third kappa shape index (κ3) is 6.65. The SMILES string of the molecule is Cn1cc(-c2ccc(N(C3CCC(Nc4ncc(C#N)c(N5CCC56CCCOC6)n4)CC3)C(O)NCc3ccccc3)nc2)cn1. The van der Waals surface area contributed by atoms with E-state index in [0.29, 0.717) is 30.5 Å². The van der Waals surface area contributed by atoms with E-state index in [-0.39, 0.29) is 17.6 Å². The van der Waals surface area contributed by atoms with Crippen LogP contribution >= 0.6 is 0 Å². The summed E-state index contributed by atoms with van der Waals surface area (Å²) in [5.74, 6) is 1.97. The Morgan fingerprint density at radius 1 is 1.06 bits per heavy atom. The molecule has 0 bridgehead atoms. The topological polar surface area (TPSA) is 140 Å². The molecule has 2 aliphatic heterocycles. The standard InChI is InChI=1S/C35H42N10O2/c1-43-23-28(22-40-43)26-8-13-31(37-20-26)45(34(46)39-19-25-6-3-2-4-7-25)30-11-9-29(10-12-30)41-33-38-21-27(18-36)32(42-33)44-16-15-35(44)14-5-17-47-24-35/h2-4,6-8,13,20-23,29-30,34,39,46H,5,9-12,14-17,19,24H2,1H3,(H,38,41,42). The Kier molecular flexibility index (Phi) is 9.02. The van der Waals surface area contributed by atoms with Crippen molar-refractivity contribution >= 4 is 17.6 Å². The van der Waals surface area contributed by atoms with E-state index in [0.717, 1.165) is 80.6 Å². The third-order valence-electron chi connectivity index (χ3n) is 9.89. The molecule has 12 nitrogen and oxygen atoms in total. The second-order valence-electron chi connectivity index (χ2n) is 12.9. The van der Waals surface area contributed by atoms with Crippen LogP contribution < -0.4 is 20.4 Å². The Bertz CT molecular complexity index is 1670. The van der Waals surface area contributed by atoms with Gasteiger partial charge in [0.05, 0.1) is 24.5 Å². The summed E-state index contributed by atoms with van der Waals surface area (Å²) in [6.45, 7) is 2.88. The summed E-state index contributed by atoms with van der Waals surface area (Å²) in [5, 5.41) is 32.5. The molecule has 3 N–H and O–H groups in total. The van der Waals surface area contributed by atoms with Crippen LogP contribution in [-0.4, -0.2) is 73.6 Å². The van der Waals surface area contributed by atoms with E-state index < -0.39 is 6.35 Å². The van der Waals surface area contributed by atoms with E-state index in [1.807, 2.05) is 73.0 Å². The van der Waals surface area contributed by atoms with Gasteiger partial charge in [-0.15, -0.1) is 0 Å². The molecule has 3 aliphatic rings. The number of nitrogens with one attached hydrogen (secondary N) is 2. The molecule has 0 amide bonds. The molecule has 4 aromatic rings. The van der Waals surface area contributed by atoms with E-state index in [4.69, 9.17) is 14.7 Å². The fourth-order valence-electron chi connectivity index (χ4n) is 7.22. The zero-order chi connectivity index (χ0) is 32.2. The Balaban J connectivity index is 1.04. The number of hydrogen-bond donors (Lipinski definition) is 3. The van der Waals surface area contributed by atoms with Crippen molar-refractivity contribution < 1.29 is 9.84 Å². The van der Waals surface area contributed by atoms with Crippen molar-refractivity contribution in [3.8, 4) is 17.2 Å². The number of pyridine rings is 1. The number of hydrogen-bond acceptors (Lipinski definition) is 11. The largest absolute Gasteiger partial charge is 0.379 e. The van der Waals surface area contributed by atoms with Crippen LogP contribution in [0.2, 0.25) is 0 Å². The Labute approximate surface area is 275 Å². The molecule has 1 spiro atoms. The summed E-state index contributed by atoms with van der Waals surface area (Å²) in [6.07, 6.45) is 12.9. The number of aromatic nitrogens is 5. The maximum Gasteiger partial charge on any atom is 0.224 e. The lowest BCUT2D eigenvalue weighted by Crippen LogP contribution is -2.64. The fraction of sp³-hybridized carbons (Fsp3) is 0.457. The average molecular weight is 635 g/mol. The summed E-state index contributed by atoms with van der Waals surface area (Å²) < 4.78 is 7.60. The highest BCUT2D eigenvalue weighted by Gasteiger charge is 2.47. The van der Waals surface area contributed by atoms with Gasteiger partial charge in [-0.25, -0.2) is 9.97 Å². The number of benzene rings is 1. The molecule has 3 fully saturated rings. The Morgan fingerprint density at radius 2 is 1.91 bits per heavy atom. The van der Waals surface area contributed by atoms with Crippen molar-refractivity contribution in [1.29, 1.82) is 5.26 Å². The average Bonchev–Trinajstić information content (AvgIpc) is 3.55. The molecule has 7 rings (SSSR count). The maximum absolute atomic E-state index is 11.5. The van der Waals surface area contributed by atoms with Crippen molar-refractivity contribution in [2.75, 3.05) is 34.9 Å². The highest BCUT2D eigenvalue weighted by Crippen LogP contribution is 2.42. The number of ether oxygens (including phenoxy) is 1. The minimum absolute atomic E-state index is 0.0589. The van der Waals surface area contributed by atoms with Gasteiger partial charge in [-0.1, -0.05) is 30.3 Å². The number of aliphatic hydroxyl groups is 1. The molecule has 2 unspecified atom stereocenters. The van der Waals surface area contributed by atoms with Crippen LogP contribution in [0.15, 0.2) is 67.3 Å². The van der Waals surface area contributed by atoms with Crippen LogP contribution in [0.25, 0.3) is 11.1 Å². The second-order valence-corrected chi connectivity index (χ2v) is 12.9. The molecule has 1 aromatic carbocycles. The lowest BCUT2D eigenvalue weighted by atomic mass is 9.79. The summed E-state index contributed by atoms with van der Waals surface area (Å²) in [4.78, 5) is 18.5. The van der Waals surface area contributed by atoms with E-state index in [1.54, 1.807) is 10.9 Å². The van der Waals surface area contributed by atoms with Crippen molar-refractivity contribution in [3.63, 3.8) is 0 Å². The number of aryl methyl sites for hydroxylation is 1. The molecule has 12 heteroatoms. The first-order valence-electron chi connectivity index (χ1n) is 16.6. The van der Waals surface area contributed by atoms with E-state index in [1.165, 1.54) is 0 Å². The lowest BCUT2D eigenvalue weighted by molar-refractivity contribution is 0.00924. The molecule has 244 valence electrons. The van der Waals surface area contributed by atoms with Gasteiger partial charge < -0.3 is 25.0 Å². The van der Waals surface area contributed by atoms with E-state index in [9.17, 15) is 10.4 Å². The van der Waals surface area contributed by atoms with Gasteiger partial charge in [0.1, 0.15) is 17.5 Å². The van der Waals surface area contributed by atoms with Gasteiger partial charge in [0.2, 0.25) is 5.95 Å². The predicted molar refractivity (Wildman–Crippen MR) is 179 cm³/mol. The monoisotopic (exact) mass is 634 g/mol. The van der Waals surface area contributed by atoms with Gasteiger partial charge in [-0.05, 0) is 62.6 Å². The molecule has 5 heterocycles. The van der Waals surface area contributed by atoms with Crippen molar-refractivity contribution in [3.05, 3.63) is 78.4 Å². The molecular formula is C35H42N10O2. The minimum atomic E-state index is -0.918. The number of aliphatic hydroxyl groups excluding tert-OH is 1. The number of anilines is 3. The molecule has 2 atom stereocenters. The molecule has 47 heavy (non-hydrogen) atoms. The normalized spacial score (nSPS) is 23.1. The highest BCUT2D eigenvalue weighted by atomic mass is 16.5. The number of nitriles is 1. The van der Waals surface area contributed by atoms with Crippen LogP contribution in [0.1, 0.15) is 56.1 Å². The van der Waals surface area contributed by atoms with Crippen LogP contribution in [0.3, 0.4) is 0 Å². The van der Waals surface area contributed by atoms with Gasteiger partial charge in [-0.2, -0.15) is 15.3 Å². The first-order chi connectivity index (χ1) is 23.0. The molecule has 2 saturated heterocycles. The van der Waals surface area contributed by atoms with Crippen LogP contribution in [0.5, 0.6) is 0 Å². The zero-order valence-electron chi connectivity index (χ0n) is 26.8. The molecule has 3 aromatic heterocycles. The molecular weight excluding hydrogens is 592 g/mol.